The molecule has 0 unspecified atom stereocenters. The summed E-state index contributed by atoms with van der Waals surface area (Å²) < 4.78 is 0. The SMILES string of the molecule is N#CC(=Cc1cc[c]cc1)C(=O)c1ccccc1. The number of nitrogens with zero attached hydrogens (tertiary/aromatic N) is 1. The van der Waals surface area contributed by atoms with Gasteiger partial charge in [-0.2, -0.15) is 5.26 Å². The zero-order chi connectivity index (χ0) is 12.8. The molecule has 0 saturated carbocycles. The van der Waals surface area contributed by atoms with E-state index < -0.39 is 0 Å². The molecule has 2 nitrogen and oxygen atoms in total. The first-order valence-corrected chi connectivity index (χ1v) is 5.49. The molecule has 2 rings (SSSR count). The van der Waals surface area contributed by atoms with Crippen LogP contribution in [0.3, 0.4) is 0 Å². The van der Waals surface area contributed by atoms with Gasteiger partial charge in [0.25, 0.3) is 0 Å². The number of rotatable bonds is 3. The Morgan fingerprint density at radius 3 is 2.39 bits per heavy atom. The van der Waals surface area contributed by atoms with E-state index in [0.29, 0.717) is 5.56 Å². The molecule has 2 aromatic rings. The van der Waals surface area contributed by atoms with Crippen molar-refractivity contribution < 1.29 is 4.79 Å². The third-order valence-corrected chi connectivity index (χ3v) is 2.46. The van der Waals surface area contributed by atoms with Crippen molar-refractivity contribution in [1.29, 1.82) is 5.26 Å². The fraction of sp³-hybridized carbons (Fsp3) is 0. The van der Waals surface area contributed by atoms with Gasteiger partial charge in [0.1, 0.15) is 11.6 Å². The number of hydrogen-bond acceptors (Lipinski definition) is 2. The monoisotopic (exact) mass is 232 g/mol. The fourth-order valence-corrected chi connectivity index (χ4v) is 1.56. The maximum Gasteiger partial charge on any atom is 0.203 e. The summed E-state index contributed by atoms with van der Waals surface area (Å²) in [5.41, 5.74) is 1.47. The van der Waals surface area contributed by atoms with Crippen molar-refractivity contribution in [1.82, 2.24) is 0 Å². The third-order valence-electron chi connectivity index (χ3n) is 2.46. The summed E-state index contributed by atoms with van der Waals surface area (Å²) in [6.45, 7) is 0. The first-order chi connectivity index (χ1) is 8.81. The van der Waals surface area contributed by atoms with E-state index >= 15 is 0 Å². The molecule has 18 heavy (non-hydrogen) atoms. The Morgan fingerprint density at radius 1 is 1.11 bits per heavy atom. The number of allylic oxidation sites excluding steroid dienone is 1. The molecule has 0 N–H and O–H groups in total. The predicted octanol–water partition coefficient (Wildman–Crippen LogP) is 3.28. The molecule has 0 aliphatic carbocycles. The van der Waals surface area contributed by atoms with Crippen LogP contribution >= 0.6 is 0 Å². The third kappa shape index (κ3) is 2.72. The summed E-state index contributed by atoms with van der Waals surface area (Å²) in [5.74, 6) is -0.258. The average molecular weight is 232 g/mol. The first kappa shape index (κ1) is 11.8. The summed E-state index contributed by atoms with van der Waals surface area (Å²) in [5, 5.41) is 9.07. The van der Waals surface area contributed by atoms with Crippen LogP contribution in [-0.4, -0.2) is 5.78 Å². The van der Waals surface area contributed by atoms with Gasteiger partial charge in [0, 0.05) is 5.56 Å². The summed E-state index contributed by atoms with van der Waals surface area (Å²) in [6.07, 6.45) is 1.59. The van der Waals surface area contributed by atoms with E-state index in [9.17, 15) is 4.79 Å². The molecule has 85 valence electrons. The average Bonchev–Trinajstić information content (AvgIpc) is 2.46. The van der Waals surface area contributed by atoms with E-state index in [1.54, 1.807) is 54.6 Å². The molecule has 0 heterocycles. The quantitative estimate of drug-likeness (QED) is 0.463. The highest BCUT2D eigenvalue weighted by atomic mass is 16.1. The van der Waals surface area contributed by atoms with E-state index in [1.807, 2.05) is 12.1 Å². The topological polar surface area (TPSA) is 40.9 Å². The molecular weight excluding hydrogens is 222 g/mol. The van der Waals surface area contributed by atoms with E-state index in [0.717, 1.165) is 5.56 Å². The minimum atomic E-state index is -0.258. The number of ketones is 1. The van der Waals surface area contributed by atoms with E-state index in [-0.39, 0.29) is 11.4 Å². The first-order valence-electron chi connectivity index (χ1n) is 5.49. The molecule has 0 aliphatic rings. The highest BCUT2D eigenvalue weighted by Gasteiger charge is 2.11. The van der Waals surface area contributed by atoms with Crippen LogP contribution in [0.4, 0.5) is 0 Å². The van der Waals surface area contributed by atoms with Crippen LogP contribution in [0.25, 0.3) is 6.08 Å². The Bertz CT molecular complexity index is 607. The van der Waals surface area contributed by atoms with Crippen molar-refractivity contribution in [3.63, 3.8) is 0 Å². The standard InChI is InChI=1S/C16H10NO/c17-12-15(11-13-7-3-1-4-8-13)16(18)14-9-5-2-6-10-14/h2-11H. The number of hydrogen-bond donors (Lipinski definition) is 0. The van der Waals surface area contributed by atoms with Crippen LogP contribution in [0.15, 0.2) is 60.2 Å². The predicted molar refractivity (Wildman–Crippen MR) is 69.6 cm³/mol. The minimum Gasteiger partial charge on any atom is -0.288 e. The van der Waals surface area contributed by atoms with Gasteiger partial charge in [-0.25, -0.2) is 0 Å². The van der Waals surface area contributed by atoms with E-state index in [1.165, 1.54) is 0 Å². The second kappa shape index (κ2) is 5.60. The Morgan fingerprint density at radius 2 is 1.78 bits per heavy atom. The lowest BCUT2D eigenvalue weighted by atomic mass is 10.0. The highest BCUT2D eigenvalue weighted by molar-refractivity contribution is 6.13. The maximum atomic E-state index is 12.1. The van der Waals surface area contributed by atoms with Crippen LogP contribution in [0.2, 0.25) is 0 Å². The molecule has 0 bridgehead atoms. The van der Waals surface area contributed by atoms with Gasteiger partial charge in [-0.3, -0.25) is 4.79 Å². The van der Waals surface area contributed by atoms with Crippen molar-refractivity contribution >= 4 is 11.9 Å². The van der Waals surface area contributed by atoms with Gasteiger partial charge in [0.05, 0.1) is 0 Å². The molecule has 0 aromatic heterocycles. The molecule has 2 aromatic carbocycles. The number of Topliss-reactive ketones (excluding diaryl/α,β-unsaturated/α-hetero) is 1. The van der Waals surface area contributed by atoms with Gasteiger partial charge in [0.2, 0.25) is 5.78 Å². The van der Waals surface area contributed by atoms with Gasteiger partial charge in [-0.1, -0.05) is 54.6 Å². The highest BCUT2D eigenvalue weighted by Crippen LogP contribution is 2.12. The number of carbonyl (C=O) groups is 1. The van der Waals surface area contributed by atoms with E-state index in [2.05, 4.69) is 6.07 Å². The summed E-state index contributed by atoms with van der Waals surface area (Å²) in [6, 6.07) is 20.7. The molecule has 0 amide bonds. The van der Waals surface area contributed by atoms with Crippen LogP contribution in [-0.2, 0) is 0 Å². The second-order valence-electron chi connectivity index (χ2n) is 3.70. The Balaban J connectivity index is 2.34. The molecule has 1 radical (unpaired) electrons. The smallest absolute Gasteiger partial charge is 0.203 e. The lowest BCUT2D eigenvalue weighted by molar-refractivity contribution is 0.104. The fourth-order valence-electron chi connectivity index (χ4n) is 1.56. The Hall–Kier alpha value is -2.66. The van der Waals surface area contributed by atoms with Crippen molar-refractivity contribution in [2.45, 2.75) is 0 Å². The van der Waals surface area contributed by atoms with Gasteiger partial charge in [-0.15, -0.1) is 0 Å². The zero-order valence-electron chi connectivity index (χ0n) is 9.63. The van der Waals surface area contributed by atoms with E-state index in [4.69, 9.17) is 5.26 Å². The van der Waals surface area contributed by atoms with Crippen LogP contribution < -0.4 is 0 Å². The van der Waals surface area contributed by atoms with Crippen LogP contribution in [0, 0.1) is 17.4 Å². The molecule has 0 fully saturated rings. The lowest BCUT2D eigenvalue weighted by Crippen LogP contribution is -2.01. The molecule has 0 spiro atoms. The van der Waals surface area contributed by atoms with Gasteiger partial charge >= 0.3 is 0 Å². The number of carbonyl (C=O) groups excluding carboxylic acids is 1. The Kier molecular flexibility index (Phi) is 3.68. The maximum absolute atomic E-state index is 12.1. The summed E-state index contributed by atoms with van der Waals surface area (Å²) in [7, 11) is 0. The van der Waals surface area contributed by atoms with Crippen molar-refractivity contribution in [2.24, 2.45) is 0 Å². The Labute approximate surface area is 106 Å². The number of nitriles is 1. The molecule has 0 atom stereocenters. The molecule has 0 aliphatic heterocycles. The largest absolute Gasteiger partial charge is 0.288 e. The van der Waals surface area contributed by atoms with Crippen molar-refractivity contribution in [2.75, 3.05) is 0 Å². The van der Waals surface area contributed by atoms with Crippen molar-refractivity contribution in [3.05, 3.63) is 77.4 Å². The van der Waals surface area contributed by atoms with Gasteiger partial charge in [0.15, 0.2) is 0 Å². The lowest BCUT2D eigenvalue weighted by Gasteiger charge is -1.99. The normalized spacial score (nSPS) is 10.7. The second-order valence-corrected chi connectivity index (χ2v) is 3.70. The minimum absolute atomic E-state index is 0.132. The van der Waals surface area contributed by atoms with Gasteiger partial charge in [-0.05, 0) is 17.7 Å². The van der Waals surface area contributed by atoms with Crippen molar-refractivity contribution in [3.8, 4) is 6.07 Å². The number of benzene rings is 2. The molecule has 2 heteroatoms. The van der Waals surface area contributed by atoms with Crippen LogP contribution in [0.5, 0.6) is 0 Å². The molecule has 0 saturated heterocycles. The molecular formula is C16H10NO. The zero-order valence-corrected chi connectivity index (χ0v) is 9.63. The van der Waals surface area contributed by atoms with Gasteiger partial charge < -0.3 is 0 Å². The van der Waals surface area contributed by atoms with Crippen LogP contribution in [0.1, 0.15) is 15.9 Å². The summed E-state index contributed by atoms with van der Waals surface area (Å²) in [4.78, 5) is 12.1. The summed E-state index contributed by atoms with van der Waals surface area (Å²) >= 11 is 0.